The predicted molar refractivity (Wildman–Crippen MR) is 73.4 cm³/mol. The topological polar surface area (TPSA) is 63.8 Å². The van der Waals surface area contributed by atoms with Crippen LogP contribution in [0.2, 0.25) is 0 Å². The average molecular weight is 250 g/mol. The predicted octanol–water partition coefficient (Wildman–Crippen LogP) is 2.62. The maximum absolute atomic E-state index is 5.89. The largest absolute Gasteiger partial charge is 0.363 e. The molecule has 0 atom stereocenters. The molecule has 0 aliphatic heterocycles. The average Bonchev–Trinajstić information content (AvgIpc) is 2.85. The molecule has 2 aromatic rings. The van der Waals surface area contributed by atoms with E-state index in [9.17, 15) is 0 Å². The van der Waals surface area contributed by atoms with Crippen molar-refractivity contribution in [2.24, 2.45) is 5.73 Å². The van der Waals surface area contributed by atoms with Crippen molar-refractivity contribution in [3.63, 3.8) is 0 Å². The summed E-state index contributed by atoms with van der Waals surface area (Å²) in [6.07, 6.45) is 3.57. The lowest BCUT2D eigenvalue weighted by atomic mass is 9.93. The number of anilines is 1. The molecule has 5 heteroatoms. The quantitative estimate of drug-likeness (QED) is 0.856. The molecule has 0 fully saturated rings. The molecular formula is C12H18N4S. The van der Waals surface area contributed by atoms with Crippen molar-refractivity contribution in [1.82, 2.24) is 9.97 Å². The minimum absolute atomic E-state index is 0.0663. The summed E-state index contributed by atoms with van der Waals surface area (Å²) in [5, 5.41) is 6.62. The van der Waals surface area contributed by atoms with Gasteiger partial charge in [0.05, 0.1) is 10.9 Å². The van der Waals surface area contributed by atoms with Crippen LogP contribution in [0.3, 0.4) is 0 Å². The van der Waals surface area contributed by atoms with Crippen LogP contribution in [-0.4, -0.2) is 22.1 Å². The summed E-state index contributed by atoms with van der Waals surface area (Å²) in [6, 6.07) is 2.05. The highest BCUT2D eigenvalue weighted by Gasteiger charge is 2.25. The molecule has 2 rings (SSSR count). The van der Waals surface area contributed by atoms with Gasteiger partial charge in [0.2, 0.25) is 0 Å². The standard InChI is InChI=1S/C12H18N4S/c1-3-12(4-2,7-13)16-10-9-5-6-17-11(9)15-8-14-10/h5-6,8H,3-4,7,13H2,1-2H3,(H,14,15,16). The third-order valence-corrected chi connectivity index (χ3v) is 4.21. The van der Waals surface area contributed by atoms with Gasteiger partial charge >= 0.3 is 0 Å². The third kappa shape index (κ3) is 2.25. The lowest BCUT2D eigenvalue weighted by Crippen LogP contribution is -2.44. The summed E-state index contributed by atoms with van der Waals surface area (Å²) in [5.74, 6) is 0.894. The molecular weight excluding hydrogens is 232 g/mol. The highest BCUT2D eigenvalue weighted by molar-refractivity contribution is 7.16. The number of nitrogens with one attached hydrogen (secondary N) is 1. The Morgan fingerprint density at radius 2 is 2.12 bits per heavy atom. The zero-order valence-electron chi connectivity index (χ0n) is 10.2. The Balaban J connectivity index is 2.37. The highest BCUT2D eigenvalue weighted by atomic mass is 32.1. The SMILES string of the molecule is CCC(CC)(CN)Nc1ncnc2sccc12. The first kappa shape index (κ1) is 12.3. The van der Waals surface area contributed by atoms with Gasteiger partial charge in [-0.25, -0.2) is 9.97 Å². The molecule has 0 aliphatic carbocycles. The van der Waals surface area contributed by atoms with E-state index in [1.54, 1.807) is 17.7 Å². The Morgan fingerprint density at radius 1 is 1.35 bits per heavy atom. The second-order valence-electron chi connectivity index (χ2n) is 4.18. The molecule has 17 heavy (non-hydrogen) atoms. The number of hydrogen-bond donors (Lipinski definition) is 2. The van der Waals surface area contributed by atoms with E-state index in [0.29, 0.717) is 6.54 Å². The molecule has 0 radical (unpaired) electrons. The fraction of sp³-hybridized carbons (Fsp3) is 0.500. The lowest BCUT2D eigenvalue weighted by Gasteiger charge is -2.32. The fourth-order valence-electron chi connectivity index (χ4n) is 1.91. The van der Waals surface area contributed by atoms with Gasteiger partial charge in [-0.15, -0.1) is 11.3 Å². The van der Waals surface area contributed by atoms with Crippen LogP contribution in [-0.2, 0) is 0 Å². The van der Waals surface area contributed by atoms with Gasteiger partial charge in [0.25, 0.3) is 0 Å². The Bertz CT molecular complexity index is 482. The molecule has 0 saturated carbocycles. The summed E-state index contributed by atoms with van der Waals surface area (Å²) < 4.78 is 0. The van der Waals surface area contributed by atoms with Crippen molar-refractivity contribution in [3.8, 4) is 0 Å². The third-order valence-electron chi connectivity index (χ3n) is 3.39. The Kier molecular flexibility index (Phi) is 3.59. The van der Waals surface area contributed by atoms with Gasteiger partial charge in [-0.05, 0) is 24.3 Å². The minimum atomic E-state index is -0.0663. The monoisotopic (exact) mass is 250 g/mol. The van der Waals surface area contributed by atoms with Gasteiger partial charge in [-0.2, -0.15) is 0 Å². The maximum Gasteiger partial charge on any atom is 0.138 e. The van der Waals surface area contributed by atoms with E-state index in [1.165, 1.54) is 0 Å². The van der Waals surface area contributed by atoms with Gasteiger partial charge in [0, 0.05) is 6.54 Å². The molecule has 0 aromatic carbocycles. The van der Waals surface area contributed by atoms with Crippen molar-refractivity contribution in [2.45, 2.75) is 32.2 Å². The first-order valence-corrected chi connectivity index (χ1v) is 6.79. The van der Waals surface area contributed by atoms with E-state index < -0.39 is 0 Å². The molecule has 2 heterocycles. The normalized spacial score (nSPS) is 11.9. The van der Waals surface area contributed by atoms with Gasteiger partial charge in [0.1, 0.15) is 17.0 Å². The van der Waals surface area contributed by atoms with E-state index >= 15 is 0 Å². The summed E-state index contributed by atoms with van der Waals surface area (Å²) in [7, 11) is 0. The van der Waals surface area contributed by atoms with Crippen LogP contribution in [0.4, 0.5) is 5.82 Å². The highest BCUT2D eigenvalue weighted by Crippen LogP contribution is 2.27. The second-order valence-corrected chi connectivity index (χ2v) is 5.07. The second kappa shape index (κ2) is 4.98. The number of rotatable bonds is 5. The Labute approximate surface area is 105 Å². The van der Waals surface area contributed by atoms with E-state index in [-0.39, 0.29) is 5.54 Å². The number of fused-ring (bicyclic) bond motifs is 1. The molecule has 2 aromatic heterocycles. The van der Waals surface area contributed by atoms with Crippen LogP contribution >= 0.6 is 11.3 Å². The van der Waals surface area contributed by atoms with Crippen molar-refractivity contribution in [2.75, 3.05) is 11.9 Å². The van der Waals surface area contributed by atoms with E-state index in [2.05, 4.69) is 35.2 Å². The number of hydrogen-bond acceptors (Lipinski definition) is 5. The smallest absolute Gasteiger partial charge is 0.138 e. The number of nitrogens with two attached hydrogens (primary N) is 1. The van der Waals surface area contributed by atoms with Gasteiger partial charge in [-0.1, -0.05) is 13.8 Å². The summed E-state index contributed by atoms with van der Waals surface area (Å²) in [4.78, 5) is 9.60. The van der Waals surface area contributed by atoms with Crippen LogP contribution in [0.1, 0.15) is 26.7 Å². The molecule has 0 saturated heterocycles. The molecule has 3 N–H and O–H groups in total. The molecule has 0 aliphatic rings. The Hall–Kier alpha value is -1.20. The lowest BCUT2D eigenvalue weighted by molar-refractivity contribution is 0.444. The molecule has 0 spiro atoms. The van der Waals surface area contributed by atoms with Gasteiger partial charge in [0.15, 0.2) is 0 Å². The van der Waals surface area contributed by atoms with E-state index in [1.807, 2.05) is 5.38 Å². The van der Waals surface area contributed by atoms with Crippen molar-refractivity contribution < 1.29 is 0 Å². The molecule has 0 amide bonds. The van der Waals surface area contributed by atoms with Crippen LogP contribution in [0, 0.1) is 0 Å². The van der Waals surface area contributed by atoms with Crippen molar-refractivity contribution in [1.29, 1.82) is 0 Å². The van der Waals surface area contributed by atoms with Crippen LogP contribution in [0.15, 0.2) is 17.8 Å². The zero-order chi connectivity index (χ0) is 12.3. The van der Waals surface area contributed by atoms with Gasteiger partial charge in [-0.3, -0.25) is 0 Å². The number of nitrogens with zero attached hydrogens (tertiary/aromatic N) is 2. The first-order valence-electron chi connectivity index (χ1n) is 5.91. The zero-order valence-corrected chi connectivity index (χ0v) is 11.0. The van der Waals surface area contributed by atoms with E-state index in [4.69, 9.17) is 5.73 Å². The van der Waals surface area contributed by atoms with Crippen LogP contribution < -0.4 is 11.1 Å². The minimum Gasteiger partial charge on any atom is -0.363 e. The van der Waals surface area contributed by atoms with Crippen molar-refractivity contribution in [3.05, 3.63) is 17.8 Å². The summed E-state index contributed by atoms with van der Waals surface area (Å²) in [6.45, 7) is 4.90. The molecule has 4 nitrogen and oxygen atoms in total. The Morgan fingerprint density at radius 3 is 2.76 bits per heavy atom. The summed E-state index contributed by atoms with van der Waals surface area (Å²) >= 11 is 1.63. The molecule has 0 unspecified atom stereocenters. The fourth-order valence-corrected chi connectivity index (χ4v) is 2.64. The van der Waals surface area contributed by atoms with Crippen molar-refractivity contribution >= 4 is 27.4 Å². The molecule has 92 valence electrons. The van der Waals surface area contributed by atoms with Crippen LogP contribution in [0.25, 0.3) is 10.2 Å². The van der Waals surface area contributed by atoms with E-state index in [0.717, 1.165) is 28.9 Å². The number of aromatic nitrogens is 2. The molecule has 0 bridgehead atoms. The summed E-state index contributed by atoms with van der Waals surface area (Å²) in [5.41, 5.74) is 5.83. The number of thiophene rings is 1. The van der Waals surface area contributed by atoms with Gasteiger partial charge < -0.3 is 11.1 Å². The van der Waals surface area contributed by atoms with Crippen LogP contribution in [0.5, 0.6) is 0 Å². The first-order chi connectivity index (χ1) is 8.24. The maximum atomic E-state index is 5.89.